The number of anilines is 2. The Morgan fingerprint density at radius 3 is 2.52 bits per heavy atom. The van der Waals surface area contributed by atoms with E-state index in [0.717, 1.165) is 25.2 Å². The van der Waals surface area contributed by atoms with E-state index in [2.05, 4.69) is 20.5 Å². The third-order valence-corrected chi connectivity index (χ3v) is 3.22. The Balaban J connectivity index is 1.84. The van der Waals surface area contributed by atoms with Crippen LogP contribution in [0.25, 0.3) is 0 Å². The lowest BCUT2D eigenvalue weighted by Crippen LogP contribution is -2.16. The van der Waals surface area contributed by atoms with Gasteiger partial charge in [0.05, 0.1) is 11.9 Å². The molecule has 1 heterocycles. The fourth-order valence-electron chi connectivity index (χ4n) is 1.99. The third-order valence-electron chi connectivity index (χ3n) is 3.22. The molecule has 2 rings (SSSR count). The molecule has 1 aromatic carbocycles. The maximum Gasteiger partial charge on any atom is 0.256 e. The van der Waals surface area contributed by atoms with Gasteiger partial charge in [0.25, 0.3) is 5.91 Å². The van der Waals surface area contributed by atoms with Crippen LogP contribution < -0.4 is 10.6 Å². The highest BCUT2D eigenvalue weighted by molar-refractivity contribution is 6.03. The number of rotatable bonds is 7. The summed E-state index contributed by atoms with van der Waals surface area (Å²) in [6, 6.07) is 8.97. The van der Waals surface area contributed by atoms with Crippen molar-refractivity contribution in [1.82, 2.24) is 9.88 Å². The van der Waals surface area contributed by atoms with Crippen LogP contribution in [-0.4, -0.2) is 43.0 Å². The first kappa shape index (κ1) is 16.9. The molecule has 0 bridgehead atoms. The zero-order valence-electron chi connectivity index (χ0n) is 13.3. The number of halogens is 1. The van der Waals surface area contributed by atoms with Crippen molar-refractivity contribution in [2.24, 2.45) is 0 Å². The maximum atomic E-state index is 12.8. The molecule has 0 aliphatic carbocycles. The largest absolute Gasteiger partial charge is 0.384 e. The average molecular weight is 316 g/mol. The summed E-state index contributed by atoms with van der Waals surface area (Å²) in [5.74, 6) is -0.230. The number of nitrogens with zero attached hydrogens (tertiary/aromatic N) is 2. The topological polar surface area (TPSA) is 57.3 Å². The molecule has 1 aromatic heterocycles. The summed E-state index contributed by atoms with van der Waals surface area (Å²) in [5.41, 5.74) is 1.29. The average Bonchev–Trinajstić information content (AvgIpc) is 2.53. The first-order valence-corrected chi connectivity index (χ1v) is 7.46. The first-order chi connectivity index (χ1) is 11.0. The quantitative estimate of drug-likeness (QED) is 0.771. The van der Waals surface area contributed by atoms with Crippen molar-refractivity contribution >= 4 is 17.4 Å². The number of pyridine rings is 1. The van der Waals surface area contributed by atoms with Gasteiger partial charge in [-0.25, -0.2) is 9.37 Å². The number of nitrogens with one attached hydrogen (secondary N) is 2. The highest BCUT2D eigenvalue weighted by atomic mass is 19.1. The summed E-state index contributed by atoms with van der Waals surface area (Å²) in [6.45, 7) is 1.88. The Labute approximate surface area is 135 Å². The van der Waals surface area contributed by atoms with Crippen LogP contribution in [0, 0.1) is 5.82 Å². The van der Waals surface area contributed by atoms with Gasteiger partial charge in [0.2, 0.25) is 0 Å². The Bertz CT molecular complexity index is 626. The molecule has 0 fully saturated rings. The van der Waals surface area contributed by atoms with E-state index >= 15 is 0 Å². The summed E-state index contributed by atoms with van der Waals surface area (Å²) in [7, 11) is 4.08. The van der Waals surface area contributed by atoms with Gasteiger partial charge in [0.15, 0.2) is 0 Å². The zero-order valence-corrected chi connectivity index (χ0v) is 13.3. The smallest absolute Gasteiger partial charge is 0.256 e. The number of aromatic nitrogens is 1. The molecule has 0 aliphatic heterocycles. The maximum absolute atomic E-state index is 12.8. The van der Waals surface area contributed by atoms with Gasteiger partial charge in [-0.05, 0) is 63.5 Å². The molecule has 1 amide bonds. The minimum Gasteiger partial charge on any atom is -0.384 e. The van der Waals surface area contributed by atoms with E-state index in [4.69, 9.17) is 0 Å². The van der Waals surface area contributed by atoms with E-state index in [0.29, 0.717) is 11.4 Å². The van der Waals surface area contributed by atoms with Crippen LogP contribution in [0.5, 0.6) is 0 Å². The minimum absolute atomic E-state index is 0.316. The number of carbonyl (C=O) groups is 1. The van der Waals surface area contributed by atoms with Crippen molar-refractivity contribution < 1.29 is 9.18 Å². The second-order valence-corrected chi connectivity index (χ2v) is 5.48. The Morgan fingerprint density at radius 1 is 1.17 bits per heavy atom. The Morgan fingerprint density at radius 2 is 1.91 bits per heavy atom. The molecular weight excluding hydrogens is 295 g/mol. The van der Waals surface area contributed by atoms with Gasteiger partial charge in [-0.1, -0.05) is 0 Å². The fourth-order valence-corrected chi connectivity index (χ4v) is 1.99. The van der Waals surface area contributed by atoms with Crippen LogP contribution in [0.2, 0.25) is 0 Å². The number of carbonyl (C=O) groups excluding carboxylic acids is 1. The summed E-state index contributed by atoms with van der Waals surface area (Å²) in [6.07, 6.45) is 2.71. The first-order valence-electron chi connectivity index (χ1n) is 7.46. The molecule has 122 valence electrons. The fraction of sp³-hybridized carbons (Fsp3) is 0.294. The van der Waals surface area contributed by atoms with E-state index in [1.165, 1.54) is 24.3 Å². The lowest BCUT2D eigenvalue weighted by molar-refractivity contribution is 0.102. The van der Waals surface area contributed by atoms with Crippen molar-refractivity contribution in [1.29, 1.82) is 0 Å². The molecule has 0 aliphatic rings. The molecule has 0 radical (unpaired) electrons. The SMILES string of the molecule is CN(C)CCCNc1ccc(NC(=O)c2ccc(F)cc2)nc1. The van der Waals surface area contributed by atoms with Gasteiger partial charge in [-0.15, -0.1) is 0 Å². The molecule has 0 saturated carbocycles. The zero-order chi connectivity index (χ0) is 16.7. The summed E-state index contributed by atoms with van der Waals surface area (Å²) in [4.78, 5) is 18.3. The van der Waals surface area contributed by atoms with Gasteiger partial charge >= 0.3 is 0 Å². The molecular formula is C17H21FN4O. The number of hydrogen-bond acceptors (Lipinski definition) is 4. The second kappa shape index (κ2) is 8.24. The van der Waals surface area contributed by atoms with Crippen LogP contribution in [0.15, 0.2) is 42.6 Å². The molecule has 0 unspecified atom stereocenters. The molecule has 23 heavy (non-hydrogen) atoms. The third kappa shape index (κ3) is 5.67. The van der Waals surface area contributed by atoms with Gasteiger partial charge in [-0.2, -0.15) is 0 Å². The van der Waals surface area contributed by atoms with E-state index in [9.17, 15) is 9.18 Å². The van der Waals surface area contributed by atoms with Crippen LogP contribution in [0.1, 0.15) is 16.8 Å². The Hall–Kier alpha value is -2.47. The van der Waals surface area contributed by atoms with E-state index in [1.807, 2.05) is 20.2 Å². The van der Waals surface area contributed by atoms with Crippen molar-refractivity contribution in [2.45, 2.75) is 6.42 Å². The van der Waals surface area contributed by atoms with E-state index < -0.39 is 0 Å². The van der Waals surface area contributed by atoms with Gasteiger partial charge in [0, 0.05) is 12.1 Å². The van der Waals surface area contributed by atoms with Gasteiger partial charge < -0.3 is 15.5 Å². The van der Waals surface area contributed by atoms with Gasteiger partial charge in [-0.3, -0.25) is 4.79 Å². The standard InChI is InChI=1S/C17H21FN4O/c1-22(2)11-3-10-19-15-8-9-16(20-12-15)21-17(23)13-4-6-14(18)7-5-13/h4-9,12,19H,3,10-11H2,1-2H3,(H,20,21,23). The summed E-state index contributed by atoms with van der Waals surface area (Å²) >= 11 is 0. The molecule has 2 N–H and O–H groups in total. The predicted octanol–water partition coefficient (Wildman–Crippen LogP) is 2.84. The van der Waals surface area contributed by atoms with Crippen LogP contribution >= 0.6 is 0 Å². The molecule has 6 heteroatoms. The van der Waals surface area contributed by atoms with Crippen molar-refractivity contribution in [2.75, 3.05) is 37.8 Å². The minimum atomic E-state index is -0.371. The molecule has 0 saturated heterocycles. The Kier molecular flexibility index (Phi) is 6.05. The van der Waals surface area contributed by atoms with Crippen molar-refractivity contribution in [3.63, 3.8) is 0 Å². The van der Waals surface area contributed by atoms with Crippen LogP contribution in [0.4, 0.5) is 15.9 Å². The van der Waals surface area contributed by atoms with E-state index in [-0.39, 0.29) is 11.7 Å². The molecule has 5 nitrogen and oxygen atoms in total. The predicted molar refractivity (Wildman–Crippen MR) is 90.3 cm³/mol. The van der Waals surface area contributed by atoms with E-state index in [1.54, 1.807) is 12.3 Å². The lowest BCUT2D eigenvalue weighted by Gasteiger charge is -2.11. The highest BCUT2D eigenvalue weighted by Crippen LogP contribution is 2.11. The van der Waals surface area contributed by atoms with Gasteiger partial charge in [0.1, 0.15) is 11.6 Å². The second-order valence-electron chi connectivity index (χ2n) is 5.48. The number of amides is 1. The highest BCUT2D eigenvalue weighted by Gasteiger charge is 2.06. The normalized spacial score (nSPS) is 10.6. The number of hydrogen-bond donors (Lipinski definition) is 2. The van der Waals surface area contributed by atoms with Crippen LogP contribution in [0.3, 0.4) is 0 Å². The summed E-state index contributed by atoms with van der Waals surface area (Å²) in [5, 5.41) is 5.96. The number of benzene rings is 1. The van der Waals surface area contributed by atoms with Crippen LogP contribution in [-0.2, 0) is 0 Å². The van der Waals surface area contributed by atoms with Crippen molar-refractivity contribution in [3.05, 3.63) is 54.0 Å². The molecule has 2 aromatic rings. The monoisotopic (exact) mass is 316 g/mol. The molecule has 0 spiro atoms. The molecule has 0 atom stereocenters. The van der Waals surface area contributed by atoms with Crippen molar-refractivity contribution in [3.8, 4) is 0 Å². The lowest BCUT2D eigenvalue weighted by atomic mass is 10.2. The summed E-state index contributed by atoms with van der Waals surface area (Å²) < 4.78 is 12.8.